The molecule has 3 nitrogen and oxygen atoms in total. The van der Waals surface area contributed by atoms with E-state index in [-0.39, 0.29) is 11.9 Å². The number of carbonyl (C=O) groups excluding carboxylic acids is 1. The van der Waals surface area contributed by atoms with E-state index in [9.17, 15) is 4.79 Å². The third-order valence-electron chi connectivity index (χ3n) is 2.45. The molecule has 4 heteroatoms. The molecule has 1 heterocycles. The monoisotopic (exact) mass is 202 g/mol. The van der Waals surface area contributed by atoms with Gasteiger partial charge in [-0.05, 0) is 12.7 Å². The van der Waals surface area contributed by atoms with Gasteiger partial charge in [0.1, 0.15) is 0 Å². The lowest BCUT2D eigenvalue weighted by Crippen LogP contribution is -2.30. The smallest absolute Gasteiger partial charge is 0.224 e. The van der Waals surface area contributed by atoms with Crippen LogP contribution in [-0.2, 0) is 4.79 Å². The summed E-state index contributed by atoms with van der Waals surface area (Å²) in [4.78, 5) is 13.2. The van der Waals surface area contributed by atoms with Crippen molar-refractivity contribution >= 4 is 17.7 Å². The molecular weight excluding hydrogens is 184 g/mol. The van der Waals surface area contributed by atoms with E-state index in [1.807, 2.05) is 16.7 Å². The lowest BCUT2D eigenvalue weighted by molar-refractivity contribution is -0.127. The van der Waals surface area contributed by atoms with E-state index in [0.29, 0.717) is 11.7 Å². The molecule has 1 fully saturated rings. The fraction of sp³-hybridized carbons (Fsp3) is 0.889. The van der Waals surface area contributed by atoms with Crippen LogP contribution in [0.3, 0.4) is 0 Å². The first kappa shape index (κ1) is 10.9. The van der Waals surface area contributed by atoms with Crippen molar-refractivity contribution in [2.75, 3.05) is 19.3 Å². The third-order valence-corrected chi connectivity index (χ3v) is 3.49. The van der Waals surface area contributed by atoms with Gasteiger partial charge in [0.05, 0.1) is 0 Å². The maximum atomic E-state index is 11.3. The molecular formula is C9H18N2OS. The Hall–Kier alpha value is -0.220. The van der Waals surface area contributed by atoms with Crippen LogP contribution in [0.25, 0.3) is 0 Å². The Bertz CT molecular complexity index is 186. The van der Waals surface area contributed by atoms with Gasteiger partial charge in [0.15, 0.2) is 0 Å². The Labute approximate surface area is 84.0 Å². The maximum absolute atomic E-state index is 11.3. The van der Waals surface area contributed by atoms with Crippen LogP contribution in [0.2, 0.25) is 0 Å². The Morgan fingerprint density at radius 2 is 2.46 bits per heavy atom. The fourth-order valence-electron chi connectivity index (χ4n) is 1.47. The zero-order valence-electron chi connectivity index (χ0n) is 8.32. The average Bonchev–Trinajstić information content (AvgIpc) is 2.41. The number of hydrogen-bond acceptors (Lipinski definition) is 3. The molecule has 1 saturated heterocycles. The van der Waals surface area contributed by atoms with Crippen LogP contribution >= 0.6 is 11.8 Å². The predicted octanol–water partition coefficient (Wildman–Crippen LogP) is 0.688. The number of rotatable bonds is 4. The number of amides is 1. The average molecular weight is 202 g/mol. The largest absolute Gasteiger partial charge is 0.341 e. The van der Waals surface area contributed by atoms with E-state index < -0.39 is 0 Å². The number of thioether (sulfide) groups is 1. The molecule has 1 amide bonds. The second-order valence-corrected chi connectivity index (χ2v) is 4.92. The number of carbonyl (C=O) groups is 1. The van der Waals surface area contributed by atoms with Gasteiger partial charge in [-0.25, -0.2) is 0 Å². The minimum absolute atomic E-state index is 0.0667. The van der Waals surface area contributed by atoms with Gasteiger partial charge in [-0.15, -0.1) is 0 Å². The summed E-state index contributed by atoms with van der Waals surface area (Å²) in [7, 11) is 0. The van der Waals surface area contributed by atoms with E-state index in [1.54, 1.807) is 0 Å². The zero-order valence-corrected chi connectivity index (χ0v) is 9.14. The van der Waals surface area contributed by atoms with Crippen LogP contribution in [-0.4, -0.2) is 41.4 Å². The third kappa shape index (κ3) is 3.19. The van der Waals surface area contributed by atoms with Crippen molar-refractivity contribution in [2.45, 2.75) is 31.1 Å². The number of hydrogen-bond donors (Lipinski definition) is 1. The lowest BCUT2D eigenvalue weighted by Gasteiger charge is -2.17. The van der Waals surface area contributed by atoms with Crippen LogP contribution in [0.15, 0.2) is 0 Å². The van der Waals surface area contributed by atoms with Crippen molar-refractivity contribution in [1.29, 1.82) is 0 Å². The normalized spacial score (nSPS) is 25.3. The molecule has 13 heavy (non-hydrogen) atoms. The van der Waals surface area contributed by atoms with Crippen LogP contribution in [0.5, 0.6) is 0 Å². The molecule has 2 atom stereocenters. The molecule has 1 aliphatic heterocycles. The number of nitrogens with zero attached hydrogens (tertiary/aromatic N) is 1. The first-order valence-electron chi connectivity index (χ1n) is 4.69. The molecule has 0 bridgehead atoms. The van der Waals surface area contributed by atoms with E-state index in [0.717, 1.165) is 19.5 Å². The Kier molecular flexibility index (Phi) is 4.06. The van der Waals surface area contributed by atoms with Gasteiger partial charge >= 0.3 is 0 Å². The van der Waals surface area contributed by atoms with Gasteiger partial charge < -0.3 is 10.6 Å². The van der Waals surface area contributed by atoms with E-state index >= 15 is 0 Å². The molecule has 0 saturated carbocycles. The van der Waals surface area contributed by atoms with Crippen LogP contribution in [0.4, 0.5) is 0 Å². The Morgan fingerprint density at radius 1 is 1.77 bits per heavy atom. The van der Waals surface area contributed by atoms with E-state index in [4.69, 9.17) is 5.73 Å². The summed E-state index contributed by atoms with van der Waals surface area (Å²) >= 11 is 1.84. The molecule has 0 radical (unpaired) electrons. The Balaban J connectivity index is 2.25. The molecule has 2 N–H and O–H groups in total. The second-order valence-electron chi connectivity index (χ2n) is 3.64. The first-order valence-corrected chi connectivity index (χ1v) is 5.98. The molecule has 1 aliphatic rings. The summed E-state index contributed by atoms with van der Waals surface area (Å²) in [5.74, 6) is 0.223. The summed E-state index contributed by atoms with van der Waals surface area (Å²) in [5, 5.41) is 0.629. The standard InChI is InChI=1S/C9H18N2OS/c1-7(13-2)3-4-11-6-8(10)5-9(11)12/h7-8H,3-6,10H2,1-2H3. The van der Waals surface area contributed by atoms with Gasteiger partial charge in [0, 0.05) is 30.8 Å². The highest BCUT2D eigenvalue weighted by molar-refractivity contribution is 7.99. The summed E-state index contributed by atoms with van der Waals surface area (Å²) in [6, 6.07) is 0.0667. The molecule has 0 aliphatic carbocycles. The van der Waals surface area contributed by atoms with Gasteiger partial charge in [-0.1, -0.05) is 6.92 Å². The molecule has 2 unspecified atom stereocenters. The van der Waals surface area contributed by atoms with E-state index in [1.165, 1.54) is 0 Å². The lowest BCUT2D eigenvalue weighted by atomic mass is 10.3. The van der Waals surface area contributed by atoms with Gasteiger partial charge in [-0.2, -0.15) is 11.8 Å². The van der Waals surface area contributed by atoms with Crippen molar-refractivity contribution in [3.8, 4) is 0 Å². The topological polar surface area (TPSA) is 46.3 Å². The molecule has 0 spiro atoms. The second kappa shape index (κ2) is 4.86. The van der Waals surface area contributed by atoms with Crippen molar-refractivity contribution in [3.05, 3.63) is 0 Å². The summed E-state index contributed by atoms with van der Waals surface area (Å²) < 4.78 is 0. The van der Waals surface area contributed by atoms with Crippen molar-refractivity contribution in [1.82, 2.24) is 4.90 Å². The molecule has 0 aromatic rings. The first-order chi connectivity index (χ1) is 6.13. The van der Waals surface area contributed by atoms with Crippen molar-refractivity contribution in [2.24, 2.45) is 5.73 Å². The minimum atomic E-state index is 0.0667. The maximum Gasteiger partial charge on any atom is 0.224 e. The SMILES string of the molecule is CSC(C)CCN1CC(N)CC1=O. The van der Waals surface area contributed by atoms with Crippen molar-refractivity contribution in [3.63, 3.8) is 0 Å². The number of nitrogens with two attached hydrogens (primary N) is 1. The quantitative estimate of drug-likeness (QED) is 0.729. The summed E-state index contributed by atoms with van der Waals surface area (Å²) in [6.07, 6.45) is 3.70. The zero-order chi connectivity index (χ0) is 9.84. The van der Waals surface area contributed by atoms with Crippen LogP contribution in [0.1, 0.15) is 19.8 Å². The van der Waals surface area contributed by atoms with Gasteiger partial charge in [-0.3, -0.25) is 4.79 Å². The van der Waals surface area contributed by atoms with Gasteiger partial charge in [0.2, 0.25) is 5.91 Å². The van der Waals surface area contributed by atoms with Gasteiger partial charge in [0.25, 0.3) is 0 Å². The van der Waals surface area contributed by atoms with Crippen LogP contribution < -0.4 is 5.73 Å². The molecule has 1 rings (SSSR count). The fourth-order valence-corrected chi connectivity index (χ4v) is 1.82. The summed E-state index contributed by atoms with van der Waals surface area (Å²) in [6.45, 7) is 3.81. The van der Waals surface area contributed by atoms with Crippen LogP contribution in [0, 0.1) is 0 Å². The molecule has 0 aromatic heterocycles. The highest BCUT2D eigenvalue weighted by atomic mass is 32.2. The Morgan fingerprint density at radius 3 is 2.92 bits per heavy atom. The highest BCUT2D eigenvalue weighted by Crippen LogP contribution is 2.14. The van der Waals surface area contributed by atoms with E-state index in [2.05, 4.69) is 13.2 Å². The molecule has 76 valence electrons. The summed E-state index contributed by atoms with van der Waals surface area (Å²) in [5.41, 5.74) is 5.69. The molecule has 0 aromatic carbocycles. The van der Waals surface area contributed by atoms with Crippen molar-refractivity contribution < 1.29 is 4.79 Å². The highest BCUT2D eigenvalue weighted by Gasteiger charge is 2.26. The predicted molar refractivity (Wildman–Crippen MR) is 56.8 cm³/mol. The number of likely N-dealkylation sites (tertiary alicyclic amines) is 1. The minimum Gasteiger partial charge on any atom is -0.341 e.